The minimum Gasteiger partial charge on any atom is -0.486 e. The van der Waals surface area contributed by atoms with Crippen LogP contribution in [0.2, 0.25) is 0 Å². The number of aliphatic hydroxyl groups is 2. The standard InChI is InChI=1S/C28H40N2O5/c1-2-3-4-9-15-30(24(32)17-19-10-5-6-11-19)22-18-21(28(34)29-14-16-31)25-20-12-7-8-13-23(20)35-27(25)26(22)33/h7-8,12-13,18-19,22,25-27,31,33H,2-6,9-11,14-17H2,1H3,(H,29,34)/t22-,25+,26+,27+/m1/s1. The molecule has 0 unspecified atom stereocenters. The van der Waals surface area contributed by atoms with Gasteiger partial charge in [0.05, 0.1) is 18.6 Å². The molecular weight excluding hydrogens is 444 g/mol. The Morgan fingerprint density at radius 1 is 1.14 bits per heavy atom. The summed E-state index contributed by atoms with van der Waals surface area (Å²) in [6.07, 6.45) is 9.29. The van der Waals surface area contributed by atoms with Gasteiger partial charge in [0.15, 0.2) is 0 Å². The van der Waals surface area contributed by atoms with E-state index in [0.29, 0.717) is 30.2 Å². The highest BCUT2D eigenvalue weighted by Gasteiger charge is 2.50. The predicted molar refractivity (Wildman–Crippen MR) is 134 cm³/mol. The third-order valence-electron chi connectivity index (χ3n) is 7.75. The Morgan fingerprint density at radius 3 is 2.66 bits per heavy atom. The zero-order chi connectivity index (χ0) is 24.8. The number of carbonyl (C=O) groups excluding carboxylic acids is 2. The number of fused-ring (bicyclic) bond motifs is 3. The Hall–Kier alpha value is -2.38. The van der Waals surface area contributed by atoms with Gasteiger partial charge in [0.2, 0.25) is 11.8 Å². The average Bonchev–Trinajstić information content (AvgIpc) is 3.51. The Labute approximate surface area is 208 Å². The van der Waals surface area contributed by atoms with Gasteiger partial charge in [-0.2, -0.15) is 0 Å². The van der Waals surface area contributed by atoms with Crippen LogP contribution in [0.1, 0.15) is 76.2 Å². The van der Waals surface area contributed by atoms with Gasteiger partial charge in [-0.1, -0.05) is 57.2 Å². The minimum atomic E-state index is -0.944. The fraction of sp³-hybridized carbons (Fsp3) is 0.643. The van der Waals surface area contributed by atoms with Crippen molar-refractivity contribution in [3.05, 3.63) is 41.5 Å². The highest BCUT2D eigenvalue weighted by molar-refractivity contribution is 5.96. The van der Waals surface area contributed by atoms with Gasteiger partial charge in [-0.05, 0) is 37.3 Å². The van der Waals surface area contributed by atoms with E-state index in [2.05, 4.69) is 12.2 Å². The van der Waals surface area contributed by atoms with Crippen LogP contribution in [0.25, 0.3) is 0 Å². The van der Waals surface area contributed by atoms with E-state index >= 15 is 0 Å². The summed E-state index contributed by atoms with van der Waals surface area (Å²) in [6.45, 7) is 2.70. The van der Waals surface area contributed by atoms with Gasteiger partial charge in [0.1, 0.15) is 18.0 Å². The molecule has 0 aromatic heterocycles. The van der Waals surface area contributed by atoms with Crippen LogP contribution in [-0.4, -0.2) is 64.9 Å². The maximum Gasteiger partial charge on any atom is 0.247 e. The third-order valence-corrected chi connectivity index (χ3v) is 7.75. The fourth-order valence-electron chi connectivity index (χ4n) is 5.92. The van der Waals surface area contributed by atoms with Crippen LogP contribution in [0.5, 0.6) is 5.75 Å². The molecule has 1 fully saturated rings. The Kier molecular flexibility index (Phi) is 8.84. The predicted octanol–water partition coefficient (Wildman–Crippen LogP) is 3.30. The van der Waals surface area contributed by atoms with Gasteiger partial charge in [0.25, 0.3) is 0 Å². The van der Waals surface area contributed by atoms with E-state index in [9.17, 15) is 19.8 Å². The largest absolute Gasteiger partial charge is 0.486 e. The van der Waals surface area contributed by atoms with Crippen molar-refractivity contribution >= 4 is 11.8 Å². The maximum atomic E-state index is 13.6. The quantitative estimate of drug-likeness (QED) is 0.419. The second-order valence-electron chi connectivity index (χ2n) is 10.2. The highest BCUT2D eigenvalue weighted by Crippen LogP contribution is 2.47. The third kappa shape index (κ3) is 5.72. The number of hydrogen-bond acceptors (Lipinski definition) is 5. The number of ether oxygens (including phenoxy) is 1. The van der Waals surface area contributed by atoms with Crippen LogP contribution in [0.4, 0.5) is 0 Å². The molecule has 192 valence electrons. The van der Waals surface area contributed by atoms with E-state index in [0.717, 1.165) is 44.1 Å². The van der Waals surface area contributed by atoms with E-state index < -0.39 is 24.2 Å². The number of amides is 2. The molecule has 4 rings (SSSR count). The molecule has 0 saturated heterocycles. The zero-order valence-electron chi connectivity index (χ0n) is 20.8. The summed E-state index contributed by atoms with van der Waals surface area (Å²) in [4.78, 5) is 28.6. The van der Waals surface area contributed by atoms with E-state index in [1.54, 1.807) is 11.0 Å². The fourth-order valence-corrected chi connectivity index (χ4v) is 5.92. The Bertz CT molecular complexity index is 910. The van der Waals surface area contributed by atoms with E-state index in [-0.39, 0.29) is 25.0 Å². The molecule has 3 N–H and O–H groups in total. The van der Waals surface area contributed by atoms with Gasteiger partial charge in [-0.15, -0.1) is 0 Å². The molecule has 1 aromatic carbocycles. The second-order valence-corrected chi connectivity index (χ2v) is 10.2. The van der Waals surface area contributed by atoms with Crippen molar-refractivity contribution in [3.63, 3.8) is 0 Å². The molecule has 1 aromatic rings. The number of hydrogen-bond donors (Lipinski definition) is 3. The number of carbonyl (C=O) groups is 2. The molecule has 0 radical (unpaired) electrons. The number of rotatable bonds is 11. The number of nitrogens with zero attached hydrogens (tertiary/aromatic N) is 1. The molecule has 1 aliphatic heterocycles. The zero-order valence-corrected chi connectivity index (χ0v) is 20.8. The lowest BCUT2D eigenvalue weighted by molar-refractivity contribution is -0.138. The lowest BCUT2D eigenvalue weighted by Crippen LogP contribution is -2.56. The Balaban J connectivity index is 1.65. The molecule has 0 bridgehead atoms. The van der Waals surface area contributed by atoms with Crippen LogP contribution in [0.3, 0.4) is 0 Å². The molecule has 1 saturated carbocycles. The molecule has 3 aliphatic rings. The number of aliphatic hydroxyl groups excluding tert-OH is 2. The summed E-state index contributed by atoms with van der Waals surface area (Å²) in [6, 6.07) is 6.93. The van der Waals surface area contributed by atoms with Crippen LogP contribution in [-0.2, 0) is 9.59 Å². The second kappa shape index (κ2) is 12.0. The van der Waals surface area contributed by atoms with Crippen molar-refractivity contribution in [1.29, 1.82) is 0 Å². The van der Waals surface area contributed by atoms with Gasteiger partial charge in [-0.3, -0.25) is 9.59 Å². The summed E-state index contributed by atoms with van der Waals surface area (Å²) in [7, 11) is 0. The molecular formula is C28H40N2O5. The number of para-hydroxylation sites is 1. The molecule has 7 heteroatoms. The van der Waals surface area contributed by atoms with E-state index in [1.807, 2.05) is 24.3 Å². The molecule has 2 amide bonds. The van der Waals surface area contributed by atoms with Crippen molar-refractivity contribution in [3.8, 4) is 5.75 Å². The molecule has 7 nitrogen and oxygen atoms in total. The Morgan fingerprint density at radius 2 is 1.91 bits per heavy atom. The summed E-state index contributed by atoms with van der Waals surface area (Å²) < 4.78 is 6.19. The molecule has 1 heterocycles. The van der Waals surface area contributed by atoms with Gasteiger partial charge < -0.3 is 25.2 Å². The first-order chi connectivity index (χ1) is 17.0. The number of nitrogens with one attached hydrogen (secondary N) is 1. The first kappa shape index (κ1) is 25.7. The van der Waals surface area contributed by atoms with Gasteiger partial charge in [0, 0.05) is 30.6 Å². The van der Waals surface area contributed by atoms with Gasteiger partial charge in [-0.25, -0.2) is 0 Å². The number of benzene rings is 1. The van der Waals surface area contributed by atoms with Crippen LogP contribution < -0.4 is 10.1 Å². The average molecular weight is 485 g/mol. The monoisotopic (exact) mass is 484 g/mol. The van der Waals surface area contributed by atoms with Crippen LogP contribution in [0.15, 0.2) is 35.9 Å². The lowest BCUT2D eigenvalue weighted by atomic mass is 9.77. The lowest BCUT2D eigenvalue weighted by Gasteiger charge is -2.41. The highest BCUT2D eigenvalue weighted by atomic mass is 16.5. The minimum absolute atomic E-state index is 0.0535. The summed E-state index contributed by atoms with van der Waals surface area (Å²) in [5.41, 5.74) is 1.36. The SMILES string of the molecule is CCCCCCN(C(=O)CC1CCCC1)[C@@H]1C=C(C(=O)NCCO)[C@@H]2c3ccccc3O[C@@H]2[C@H]1O. The van der Waals surface area contributed by atoms with Crippen molar-refractivity contribution in [1.82, 2.24) is 10.2 Å². The smallest absolute Gasteiger partial charge is 0.247 e. The molecule has 2 aliphatic carbocycles. The topological polar surface area (TPSA) is 99.1 Å². The summed E-state index contributed by atoms with van der Waals surface area (Å²) in [5, 5.41) is 23.5. The van der Waals surface area contributed by atoms with Crippen molar-refractivity contribution in [2.24, 2.45) is 5.92 Å². The molecule has 4 atom stereocenters. The first-order valence-electron chi connectivity index (χ1n) is 13.4. The van der Waals surface area contributed by atoms with Crippen LogP contribution >= 0.6 is 0 Å². The van der Waals surface area contributed by atoms with Crippen molar-refractivity contribution in [2.75, 3.05) is 19.7 Å². The van der Waals surface area contributed by atoms with E-state index in [1.165, 1.54) is 12.8 Å². The van der Waals surface area contributed by atoms with Crippen molar-refractivity contribution in [2.45, 2.75) is 88.9 Å². The summed E-state index contributed by atoms with van der Waals surface area (Å²) in [5.74, 6) is 0.411. The maximum absolute atomic E-state index is 13.6. The summed E-state index contributed by atoms with van der Waals surface area (Å²) >= 11 is 0. The first-order valence-corrected chi connectivity index (χ1v) is 13.4. The molecule has 0 spiro atoms. The van der Waals surface area contributed by atoms with Gasteiger partial charge >= 0.3 is 0 Å². The molecule has 35 heavy (non-hydrogen) atoms. The van der Waals surface area contributed by atoms with Crippen molar-refractivity contribution < 1.29 is 24.5 Å². The van der Waals surface area contributed by atoms with E-state index in [4.69, 9.17) is 4.74 Å². The number of unbranched alkanes of at least 4 members (excludes halogenated alkanes) is 3. The van der Waals surface area contributed by atoms with Crippen LogP contribution in [0, 0.1) is 5.92 Å². The normalized spacial score (nSPS) is 25.4.